The van der Waals surface area contributed by atoms with Gasteiger partial charge in [-0.25, -0.2) is 4.99 Å². The quantitative estimate of drug-likeness (QED) is 0.337. The summed E-state index contributed by atoms with van der Waals surface area (Å²) in [4.78, 5) is 49.2. The van der Waals surface area contributed by atoms with Crippen molar-refractivity contribution in [2.24, 2.45) is 4.99 Å². The van der Waals surface area contributed by atoms with E-state index in [1.165, 1.54) is 18.4 Å². The molecule has 0 N–H and O–H groups in total. The second kappa shape index (κ2) is 14.1. The predicted octanol–water partition coefficient (Wildman–Crippen LogP) is 2.36. The number of allylic oxidation sites excluding steroid dienone is 1. The average molecular weight is 635 g/mol. The van der Waals surface area contributed by atoms with E-state index in [0.29, 0.717) is 88.4 Å². The summed E-state index contributed by atoms with van der Waals surface area (Å²) >= 11 is 1.25. The van der Waals surface area contributed by atoms with E-state index in [9.17, 15) is 14.4 Å². The van der Waals surface area contributed by atoms with Crippen LogP contribution in [-0.4, -0.2) is 86.4 Å². The number of morpholine rings is 1. The molecule has 0 unspecified atom stereocenters. The maximum Gasteiger partial charge on any atom is 0.271 e. The smallest absolute Gasteiger partial charge is 0.271 e. The minimum atomic E-state index is -0.720. The van der Waals surface area contributed by atoms with Gasteiger partial charge in [-0.1, -0.05) is 35.6 Å². The molecule has 0 aliphatic carbocycles. The minimum absolute atomic E-state index is 0.120. The van der Waals surface area contributed by atoms with Crippen LogP contribution in [0.4, 0.5) is 0 Å². The van der Waals surface area contributed by atoms with E-state index in [1.54, 1.807) is 45.8 Å². The zero-order valence-corrected chi connectivity index (χ0v) is 27.0. The summed E-state index contributed by atoms with van der Waals surface area (Å²) in [6.07, 6.45) is 1.76. The normalized spacial score (nSPS) is 16.6. The first kappa shape index (κ1) is 32.0. The second-order valence-corrected chi connectivity index (χ2v) is 11.5. The standard InChI is InChI=1S/C33H38N4O7S/c1-6-35(7-2)32(40)29-21(3)34-33-37(30(29)23-10-8-9-11-24(23)41-4)31(39)27(45-33)19-22-12-13-25(26(18-22)42-5)44-20-28(38)36-14-16-43-17-15-36/h8-13,18-19,30H,6-7,14-17,20H2,1-5H3/b27-19-/t30-/m1/s1. The molecule has 45 heavy (non-hydrogen) atoms. The topological polar surface area (TPSA) is 112 Å². The highest BCUT2D eigenvalue weighted by Crippen LogP contribution is 2.36. The first-order chi connectivity index (χ1) is 21.8. The van der Waals surface area contributed by atoms with Crippen molar-refractivity contribution in [2.75, 3.05) is 60.2 Å². The zero-order chi connectivity index (χ0) is 32.1. The van der Waals surface area contributed by atoms with E-state index in [-0.39, 0.29) is 24.0 Å². The molecule has 238 valence electrons. The molecule has 0 bridgehead atoms. The van der Waals surface area contributed by atoms with Gasteiger partial charge < -0.3 is 28.7 Å². The summed E-state index contributed by atoms with van der Waals surface area (Å²) in [5.74, 6) is 1.14. The van der Waals surface area contributed by atoms with E-state index < -0.39 is 6.04 Å². The fourth-order valence-electron chi connectivity index (χ4n) is 5.55. The van der Waals surface area contributed by atoms with Crippen molar-refractivity contribution in [3.63, 3.8) is 0 Å². The van der Waals surface area contributed by atoms with Crippen molar-refractivity contribution < 1.29 is 28.5 Å². The third-order valence-electron chi connectivity index (χ3n) is 7.94. The van der Waals surface area contributed by atoms with Crippen molar-refractivity contribution in [2.45, 2.75) is 26.8 Å². The summed E-state index contributed by atoms with van der Waals surface area (Å²) in [7, 11) is 3.10. The molecular formula is C33H38N4O7S. The Labute approximate surface area is 265 Å². The molecule has 1 fully saturated rings. The van der Waals surface area contributed by atoms with Crippen LogP contribution >= 0.6 is 11.3 Å². The molecule has 2 aliphatic heterocycles. The number of para-hydroxylation sites is 1. The Morgan fingerprint density at radius 1 is 1.04 bits per heavy atom. The molecule has 2 amide bonds. The predicted molar refractivity (Wildman–Crippen MR) is 171 cm³/mol. The molecule has 0 saturated carbocycles. The van der Waals surface area contributed by atoms with E-state index in [2.05, 4.69) is 0 Å². The third kappa shape index (κ3) is 6.52. The zero-order valence-electron chi connectivity index (χ0n) is 26.2. The van der Waals surface area contributed by atoms with Gasteiger partial charge in [-0.15, -0.1) is 0 Å². The van der Waals surface area contributed by atoms with E-state index in [4.69, 9.17) is 23.9 Å². The highest BCUT2D eigenvalue weighted by molar-refractivity contribution is 7.07. The summed E-state index contributed by atoms with van der Waals surface area (Å²) < 4.78 is 24.4. The molecule has 11 nitrogen and oxygen atoms in total. The monoisotopic (exact) mass is 634 g/mol. The van der Waals surface area contributed by atoms with Gasteiger partial charge in [-0.2, -0.15) is 0 Å². The molecule has 2 aromatic carbocycles. The molecule has 0 spiro atoms. The van der Waals surface area contributed by atoms with Crippen molar-refractivity contribution >= 4 is 29.2 Å². The van der Waals surface area contributed by atoms with Crippen molar-refractivity contribution in [3.05, 3.63) is 84.5 Å². The van der Waals surface area contributed by atoms with Crippen LogP contribution in [0.25, 0.3) is 6.08 Å². The number of fused-ring (bicyclic) bond motifs is 1. The number of likely N-dealkylation sites (N-methyl/N-ethyl adjacent to an activating group) is 1. The highest BCUT2D eigenvalue weighted by Gasteiger charge is 2.35. The number of nitrogens with zero attached hydrogens (tertiary/aromatic N) is 4. The van der Waals surface area contributed by atoms with Gasteiger partial charge in [0.05, 0.1) is 43.2 Å². The van der Waals surface area contributed by atoms with Gasteiger partial charge in [0.1, 0.15) is 11.8 Å². The average Bonchev–Trinajstić information content (AvgIpc) is 3.37. The Kier molecular flexibility index (Phi) is 10.0. The number of thiazole rings is 1. The molecule has 2 aliphatic rings. The van der Waals surface area contributed by atoms with Gasteiger partial charge in [-0.05, 0) is 50.6 Å². The third-order valence-corrected chi connectivity index (χ3v) is 8.92. The van der Waals surface area contributed by atoms with Crippen LogP contribution in [0.2, 0.25) is 0 Å². The van der Waals surface area contributed by atoms with Crippen molar-refractivity contribution in [3.8, 4) is 17.2 Å². The van der Waals surface area contributed by atoms with Crippen LogP contribution in [0.3, 0.4) is 0 Å². The number of benzene rings is 2. The lowest BCUT2D eigenvalue weighted by Crippen LogP contribution is -2.43. The number of methoxy groups -OCH3 is 2. The Balaban J connectivity index is 1.53. The van der Waals surface area contributed by atoms with Crippen LogP contribution < -0.4 is 29.1 Å². The Bertz CT molecular complexity index is 1780. The van der Waals surface area contributed by atoms with Crippen molar-refractivity contribution in [1.29, 1.82) is 0 Å². The minimum Gasteiger partial charge on any atom is -0.496 e. The summed E-state index contributed by atoms with van der Waals surface area (Å²) in [5, 5.41) is 0. The SMILES string of the molecule is CCN(CC)C(=O)C1=C(C)N=c2s/c(=C\c3ccc(OCC(=O)N4CCOCC4)c(OC)c3)c(=O)n2[C@@H]1c1ccccc1OC. The maximum absolute atomic E-state index is 14.1. The number of carbonyl (C=O) groups is 2. The van der Waals surface area contributed by atoms with Crippen LogP contribution in [0.15, 0.2) is 63.5 Å². The second-order valence-electron chi connectivity index (χ2n) is 10.5. The van der Waals surface area contributed by atoms with Gasteiger partial charge in [0.2, 0.25) is 0 Å². The molecule has 1 saturated heterocycles. The van der Waals surface area contributed by atoms with Crippen molar-refractivity contribution in [1.82, 2.24) is 14.4 Å². The molecule has 3 aromatic rings. The molecular weight excluding hydrogens is 596 g/mol. The molecule has 1 aromatic heterocycles. The number of aromatic nitrogens is 1. The molecule has 5 rings (SSSR count). The molecule has 0 radical (unpaired) electrons. The number of hydrogen-bond acceptors (Lipinski definition) is 9. The van der Waals surface area contributed by atoms with Crippen LogP contribution in [0, 0.1) is 0 Å². The van der Waals surface area contributed by atoms with Gasteiger partial charge in [0, 0.05) is 31.7 Å². The summed E-state index contributed by atoms with van der Waals surface area (Å²) in [5.41, 5.74) is 2.13. The molecule has 12 heteroatoms. The number of hydrogen-bond donors (Lipinski definition) is 0. The van der Waals surface area contributed by atoms with Crippen LogP contribution in [0.1, 0.15) is 37.9 Å². The van der Waals surface area contributed by atoms with Crippen LogP contribution in [-0.2, 0) is 14.3 Å². The van der Waals surface area contributed by atoms with Gasteiger partial charge in [-0.3, -0.25) is 19.0 Å². The largest absolute Gasteiger partial charge is 0.496 e. The number of rotatable bonds is 10. The first-order valence-electron chi connectivity index (χ1n) is 14.9. The summed E-state index contributed by atoms with van der Waals surface area (Å²) in [6.45, 7) is 8.71. The number of ether oxygens (including phenoxy) is 4. The van der Waals surface area contributed by atoms with E-state index in [0.717, 1.165) is 0 Å². The van der Waals surface area contributed by atoms with Gasteiger partial charge >= 0.3 is 0 Å². The maximum atomic E-state index is 14.1. The Hall–Kier alpha value is -4.42. The van der Waals surface area contributed by atoms with Gasteiger partial charge in [0.15, 0.2) is 22.9 Å². The van der Waals surface area contributed by atoms with E-state index >= 15 is 0 Å². The molecule has 1 atom stereocenters. The highest BCUT2D eigenvalue weighted by atomic mass is 32.1. The lowest BCUT2D eigenvalue weighted by Gasteiger charge is -2.29. The van der Waals surface area contributed by atoms with Gasteiger partial charge in [0.25, 0.3) is 17.4 Å². The lowest BCUT2D eigenvalue weighted by molar-refractivity contribution is -0.137. The first-order valence-corrected chi connectivity index (χ1v) is 15.7. The van der Waals surface area contributed by atoms with E-state index in [1.807, 2.05) is 45.0 Å². The number of amides is 2. The number of carbonyl (C=O) groups excluding carboxylic acids is 2. The Morgan fingerprint density at radius 3 is 2.44 bits per heavy atom. The Morgan fingerprint density at radius 2 is 1.76 bits per heavy atom. The van der Waals surface area contributed by atoms with Crippen LogP contribution in [0.5, 0.6) is 17.2 Å². The summed E-state index contributed by atoms with van der Waals surface area (Å²) in [6, 6.07) is 12.0. The fraction of sp³-hybridized carbons (Fsp3) is 0.394. The molecule has 3 heterocycles. The fourth-order valence-corrected chi connectivity index (χ4v) is 6.60. The lowest BCUT2D eigenvalue weighted by atomic mass is 9.94.